The Kier molecular flexibility index (Phi) is 5.18. The van der Waals surface area contributed by atoms with Crippen molar-refractivity contribution in [3.63, 3.8) is 0 Å². The van der Waals surface area contributed by atoms with E-state index >= 15 is 0 Å². The van der Waals surface area contributed by atoms with Crippen molar-refractivity contribution in [2.75, 3.05) is 18.8 Å². The zero-order valence-corrected chi connectivity index (χ0v) is 14.0. The van der Waals surface area contributed by atoms with Crippen LogP contribution in [0.15, 0.2) is 53.6 Å². The van der Waals surface area contributed by atoms with Crippen LogP contribution in [-0.2, 0) is 0 Å². The summed E-state index contributed by atoms with van der Waals surface area (Å²) in [6.07, 6.45) is 2.57. The molecule has 0 N–H and O–H groups in total. The van der Waals surface area contributed by atoms with Crippen molar-refractivity contribution in [3.05, 3.63) is 54.2 Å². The summed E-state index contributed by atoms with van der Waals surface area (Å²) in [5, 5.41) is 0. The lowest BCUT2D eigenvalue weighted by Gasteiger charge is -2.18. The summed E-state index contributed by atoms with van der Waals surface area (Å²) in [4.78, 5) is 19.9. The summed E-state index contributed by atoms with van der Waals surface area (Å²) in [5.41, 5.74) is 0.790. The van der Waals surface area contributed by atoms with Gasteiger partial charge in [0, 0.05) is 30.1 Å². The first-order chi connectivity index (χ1) is 11.3. The van der Waals surface area contributed by atoms with Crippen molar-refractivity contribution in [2.45, 2.75) is 24.3 Å². The molecule has 1 aromatic carbocycles. The third-order valence-electron chi connectivity index (χ3n) is 3.77. The van der Waals surface area contributed by atoms with Crippen LogP contribution >= 0.6 is 11.8 Å². The number of likely N-dealkylation sites (tertiary alicyclic amines) is 1. The molecular weight excluding hydrogens is 308 g/mol. The SMILES string of the molecule is CCSc1ccccc1C(=O)N1CCC(Oc2ccccn2)C1. The van der Waals surface area contributed by atoms with Gasteiger partial charge in [0.1, 0.15) is 6.10 Å². The fourth-order valence-electron chi connectivity index (χ4n) is 2.69. The van der Waals surface area contributed by atoms with E-state index in [1.807, 2.05) is 47.4 Å². The fraction of sp³-hybridized carbons (Fsp3) is 0.333. The van der Waals surface area contributed by atoms with Gasteiger partial charge >= 0.3 is 0 Å². The van der Waals surface area contributed by atoms with Gasteiger partial charge in [0.25, 0.3) is 5.91 Å². The first-order valence-corrected chi connectivity index (χ1v) is 8.85. The number of pyridine rings is 1. The lowest BCUT2D eigenvalue weighted by atomic mass is 10.2. The lowest BCUT2D eigenvalue weighted by molar-refractivity contribution is 0.0768. The van der Waals surface area contributed by atoms with Crippen LogP contribution in [0, 0.1) is 0 Å². The molecule has 1 aliphatic rings. The highest BCUT2D eigenvalue weighted by Gasteiger charge is 2.29. The summed E-state index contributed by atoms with van der Waals surface area (Å²) in [6.45, 7) is 3.43. The van der Waals surface area contributed by atoms with E-state index in [1.54, 1.807) is 18.0 Å². The number of hydrogen-bond donors (Lipinski definition) is 0. The third-order valence-corrected chi connectivity index (χ3v) is 4.73. The molecule has 1 aromatic heterocycles. The van der Waals surface area contributed by atoms with Gasteiger partial charge in [0.2, 0.25) is 5.88 Å². The number of carbonyl (C=O) groups is 1. The molecule has 2 heterocycles. The van der Waals surface area contributed by atoms with Crippen molar-refractivity contribution in [3.8, 4) is 5.88 Å². The molecule has 0 aliphatic carbocycles. The van der Waals surface area contributed by atoms with Crippen LogP contribution < -0.4 is 4.74 Å². The summed E-state index contributed by atoms with van der Waals surface area (Å²) in [7, 11) is 0. The molecule has 1 aliphatic heterocycles. The molecule has 1 fully saturated rings. The van der Waals surface area contributed by atoms with E-state index in [-0.39, 0.29) is 12.0 Å². The predicted octanol–water partition coefficient (Wildman–Crippen LogP) is 3.49. The maximum absolute atomic E-state index is 12.8. The highest BCUT2D eigenvalue weighted by Crippen LogP contribution is 2.25. The van der Waals surface area contributed by atoms with Crippen molar-refractivity contribution in [1.29, 1.82) is 0 Å². The zero-order chi connectivity index (χ0) is 16.1. The minimum absolute atomic E-state index is 0.0137. The molecule has 0 bridgehead atoms. The normalized spacial score (nSPS) is 17.3. The van der Waals surface area contributed by atoms with E-state index in [1.165, 1.54) is 0 Å². The van der Waals surface area contributed by atoms with Crippen LogP contribution in [0.25, 0.3) is 0 Å². The molecule has 2 aromatic rings. The Hall–Kier alpha value is -2.01. The molecule has 1 atom stereocenters. The number of benzene rings is 1. The molecular formula is C18H20N2O2S. The number of rotatable bonds is 5. The maximum Gasteiger partial charge on any atom is 0.255 e. The Morgan fingerprint density at radius 1 is 1.30 bits per heavy atom. The first-order valence-electron chi connectivity index (χ1n) is 7.86. The van der Waals surface area contributed by atoms with E-state index < -0.39 is 0 Å². The third kappa shape index (κ3) is 3.85. The molecule has 120 valence electrons. The summed E-state index contributed by atoms with van der Waals surface area (Å²) in [6, 6.07) is 13.4. The number of aromatic nitrogens is 1. The van der Waals surface area contributed by atoms with Gasteiger partial charge in [-0.15, -0.1) is 11.8 Å². The smallest absolute Gasteiger partial charge is 0.255 e. The van der Waals surface area contributed by atoms with E-state index in [0.29, 0.717) is 12.4 Å². The molecule has 3 rings (SSSR count). The minimum atomic E-state index is 0.0137. The number of carbonyl (C=O) groups excluding carboxylic acids is 1. The van der Waals surface area contributed by atoms with Crippen LogP contribution in [0.4, 0.5) is 0 Å². The average Bonchev–Trinajstić information content (AvgIpc) is 3.04. The Bertz CT molecular complexity index is 663. The van der Waals surface area contributed by atoms with E-state index in [4.69, 9.17) is 4.74 Å². The second kappa shape index (κ2) is 7.51. The number of thioether (sulfide) groups is 1. The predicted molar refractivity (Wildman–Crippen MR) is 92.0 cm³/mol. The average molecular weight is 328 g/mol. The van der Waals surface area contributed by atoms with Crippen LogP contribution in [0.2, 0.25) is 0 Å². The van der Waals surface area contributed by atoms with Gasteiger partial charge in [0.15, 0.2) is 0 Å². The summed E-state index contributed by atoms with van der Waals surface area (Å²) < 4.78 is 5.86. The Morgan fingerprint density at radius 3 is 2.91 bits per heavy atom. The topological polar surface area (TPSA) is 42.4 Å². The Balaban J connectivity index is 1.66. The highest BCUT2D eigenvalue weighted by molar-refractivity contribution is 7.99. The Labute approximate surface area is 140 Å². The molecule has 4 nitrogen and oxygen atoms in total. The van der Waals surface area contributed by atoms with Crippen LogP contribution in [0.5, 0.6) is 5.88 Å². The maximum atomic E-state index is 12.8. The standard InChI is InChI=1S/C18H20N2O2S/c1-2-23-16-8-4-3-7-15(16)18(21)20-12-10-14(13-20)22-17-9-5-6-11-19-17/h3-9,11,14H,2,10,12-13H2,1H3. The summed E-state index contributed by atoms with van der Waals surface area (Å²) >= 11 is 1.70. The van der Waals surface area contributed by atoms with Gasteiger partial charge in [-0.1, -0.05) is 25.1 Å². The van der Waals surface area contributed by atoms with Crippen LogP contribution in [-0.4, -0.2) is 40.7 Å². The Morgan fingerprint density at radius 2 is 2.13 bits per heavy atom. The summed E-state index contributed by atoms with van der Waals surface area (Å²) in [5.74, 6) is 1.66. The van der Waals surface area contributed by atoms with Gasteiger partial charge in [0.05, 0.1) is 12.1 Å². The van der Waals surface area contributed by atoms with Crippen LogP contribution in [0.1, 0.15) is 23.7 Å². The van der Waals surface area contributed by atoms with E-state index in [2.05, 4.69) is 11.9 Å². The van der Waals surface area contributed by atoms with Crippen molar-refractivity contribution < 1.29 is 9.53 Å². The zero-order valence-electron chi connectivity index (χ0n) is 13.1. The van der Waals surface area contributed by atoms with Crippen molar-refractivity contribution >= 4 is 17.7 Å². The largest absolute Gasteiger partial charge is 0.472 e. The molecule has 1 unspecified atom stereocenters. The van der Waals surface area contributed by atoms with Gasteiger partial charge in [-0.25, -0.2) is 4.98 Å². The molecule has 1 saturated heterocycles. The molecule has 23 heavy (non-hydrogen) atoms. The van der Waals surface area contributed by atoms with Crippen molar-refractivity contribution in [2.24, 2.45) is 0 Å². The highest BCUT2D eigenvalue weighted by atomic mass is 32.2. The fourth-order valence-corrected chi connectivity index (χ4v) is 3.49. The number of nitrogens with zero attached hydrogens (tertiary/aromatic N) is 2. The molecule has 0 radical (unpaired) electrons. The number of ether oxygens (including phenoxy) is 1. The molecule has 0 saturated carbocycles. The van der Waals surface area contributed by atoms with Crippen molar-refractivity contribution in [1.82, 2.24) is 9.88 Å². The molecule has 0 spiro atoms. The van der Waals surface area contributed by atoms with E-state index in [0.717, 1.165) is 29.2 Å². The molecule has 5 heteroatoms. The number of amides is 1. The second-order valence-electron chi connectivity index (χ2n) is 5.38. The number of hydrogen-bond acceptors (Lipinski definition) is 4. The second-order valence-corrected chi connectivity index (χ2v) is 6.68. The van der Waals surface area contributed by atoms with Gasteiger partial charge < -0.3 is 9.64 Å². The minimum Gasteiger partial charge on any atom is -0.472 e. The van der Waals surface area contributed by atoms with Gasteiger partial charge in [-0.3, -0.25) is 4.79 Å². The molecule has 1 amide bonds. The van der Waals surface area contributed by atoms with Gasteiger partial charge in [-0.05, 0) is 24.0 Å². The van der Waals surface area contributed by atoms with Gasteiger partial charge in [-0.2, -0.15) is 0 Å². The van der Waals surface area contributed by atoms with E-state index in [9.17, 15) is 4.79 Å². The van der Waals surface area contributed by atoms with Crippen LogP contribution in [0.3, 0.4) is 0 Å². The lowest BCUT2D eigenvalue weighted by Crippen LogP contribution is -2.31. The quantitative estimate of drug-likeness (QED) is 0.788. The first kappa shape index (κ1) is 15.9. The monoisotopic (exact) mass is 328 g/mol.